The highest BCUT2D eigenvalue weighted by molar-refractivity contribution is 5.69. The van der Waals surface area contributed by atoms with E-state index in [0.29, 0.717) is 12.8 Å². The van der Waals surface area contributed by atoms with Gasteiger partial charge in [-0.25, -0.2) is 0 Å². The van der Waals surface area contributed by atoms with Crippen LogP contribution >= 0.6 is 0 Å². The molecule has 1 unspecified atom stereocenters. The Bertz CT molecular complexity index is 289. The van der Waals surface area contributed by atoms with E-state index in [1.165, 1.54) is 44.9 Å². The highest BCUT2D eigenvalue weighted by Crippen LogP contribution is 2.19. The van der Waals surface area contributed by atoms with Gasteiger partial charge < -0.3 is 14.6 Å². The molecular weight excluding hydrogens is 292 g/mol. The van der Waals surface area contributed by atoms with Crippen molar-refractivity contribution in [3.05, 3.63) is 0 Å². The SMILES string of the molecule is CCCCCCCCCCCC(=O)OC(C)(C)CC(O)COC. The Morgan fingerprint density at radius 3 is 2.04 bits per heavy atom. The molecule has 0 radical (unpaired) electrons. The lowest BCUT2D eigenvalue weighted by Crippen LogP contribution is -2.34. The number of unbranched alkanes of at least 4 members (excludes halogenated alkanes) is 8. The quantitative estimate of drug-likeness (QED) is 0.351. The molecule has 0 saturated heterocycles. The van der Waals surface area contributed by atoms with Crippen LogP contribution in [0.15, 0.2) is 0 Å². The molecule has 0 rings (SSSR count). The fraction of sp³-hybridized carbons (Fsp3) is 0.947. The van der Waals surface area contributed by atoms with Crippen LogP contribution in [0.25, 0.3) is 0 Å². The summed E-state index contributed by atoms with van der Waals surface area (Å²) >= 11 is 0. The first kappa shape index (κ1) is 22.4. The third kappa shape index (κ3) is 14.7. The molecule has 0 saturated carbocycles. The van der Waals surface area contributed by atoms with E-state index in [2.05, 4.69) is 6.92 Å². The number of carbonyl (C=O) groups is 1. The van der Waals surface area contributed by atoms with E-state index < -0.39 is 11.7 Å². The van der Waals surface area contributed by atoms with Crippen molar-refractivity contribution in [3.8, 4) is 0 Å². The number of ether oxygens (including phenoxy) is 2. The van der Waals surface area contributed by atoms with E-state index >= 15 is 0 Å². The Kier molecular flexibility index (Phi) is 13.4. The topological polar surface area (TPSA) is 55.8 Å². The van der Waals surface area contributed by atoms with Crippen molar-refractivity contribution >= 4 is 5.97 Å². The van der Waals surface area contributed by atoms with Crippen molar-refractivity contribution in [2.45, 2.75) is 103 Å². The van der Waals surface area contributed by atoms with Gasteiger partial charge in [-0.1, -0.05) is 58.3 Å². The van der Waals surface area contributed by atoms with Crippen LogP contribution in [0.2, 0.25) is 0 Å². The molecule has 0 spiro atoms. The molecule has 0 aliphatic heterocycles. The summed E-state index contributed by atoms with van der Waals surface area (Å²) in [4.78, 5) is 11.9. The minimum absolute atomic E-state index is 0.164. The van der Waals surface area contributed by atoms with Gasteiger partial charge in [-0.05, 0) is 20.3 Å². The van der Waals surface area contributed by atoms with Crippen molar-refractivity contribution in [2.24, 2.45) is 0 Å². The molecule has 4 nitrogen and oxygen atoms in total. The second-order valence-electron chi connectivity index (χ2n) is 7.13. The minimum atomic E-state index is -0.645. The summed E-state index contributed by atoms with van der Waals surface area (Å²) in [6, 6.07) is 0. The molecule has 0 fully saturated rings. The molecule has 1 N–H and O–H groups in total. The van der Waals surface area contributed by atoms with E-state index in [1.54, 1.807) is 7.11 Å². The molecule has 0 aromatic rings. The van der Waals surface area contributed by atoms with E-state index in [1.807, 2.05) is 13.8 Å². The first-order valence-corrected chi connectivity index (χ1v) is 9.30. The maximum atomic E-state index is 11.9. The summed E-state index contributed by atoms with van der Waals surface area (Å²) in [5, 5.41) is 9.73. The molecule has 1 atom stereocenters. The highest BCUT2D eigenvalue weighted by atomic mass is 16.6. The van der Waals surface area contributed by atoms with E-state index in [0.717, 1.165) is 12.8 Å². The molecule has 0 aliphatic carbocycles. The van der Waals surface area contributed by atoms with Crippen LogP contribution in [0.1, 0.15) is 91.4 Å². The van der Waals surface area contributed by atoms with Gasteiger partial charge >= 0.3 is 5.97 Å². The molecule has 0 bridgehead atoms. The molecular formula is C19H38O4. The predicted molar refractivity (Wildman–Crippen MR) is 94.5 cm³/mol. The van der Waals surface area contributed by atoms with Gasteiger partial charge in [-0.15, -0.1) is 0 Å². The smallest absolute Gasteiger partial charge is 0.306 e. The number of hydrogen-bond donors (Lipinski definition) is 1. The molecule has 0 amide bonds. The normalized spacial score (nSPS) is 13.1. The van der Waals surface area contributed by atoms with E-state index in [-0.39, 0.29) is 12.6 Å². The summed E-state index contributed by atoms with van der Waals surface area (Å²) in [5.41, 5.74) is -0.645. The zero-order valence-electron chi connectivity index (χ0n) is 15.7. The number of esters is 1. The Balaban J connectivity index is 3.62. The molecule has 0 aromatic heterocycles. The van der Waals surface area contributed by atoms with Gasteiger partial charge in [0, 0.05) is 20.0 Å². The lowest BCUT2D eigenvalue weighted by molar-refractivity contribution is -0.159. The fourth-order valence-corrected chi connectivity index (χ4v) is 2.80. The maximum absolute atomic E-state index is 11.9. The van der Waals surface area contributed by atoms with Gasteiger partial charge in [-0.2, -0.15) is 0 Å². The van der Waals surface area contributed by atoms with Crippen molar-refractivity contribution in [2.75, 3.05) is 13.7 Å². The Morgan fingerprint density at radius 1 is 1.00 bits per heavy atom. The first-order chi connectivity index (χ1) is 10.9. The molecule has 23 heavy (non-hydrogen) atoms. The van der Waals surface area contributed by atoms with Crippen LogP contribution in [0.5, 0.6) is 0 Å². The van der Waals surface area contributed by atoms with Crippen molar-refractivity contribution in [1.29, 1.82) is 0 Å². The average molecular weight is 331 g/mol. The Hall–Kier alpha value is -0.610. The minimum Gasteiger partial charge on any atom is -0.460 e. The highest BCUT2D eigenvalue weighted by Gasteiger charge is 2.26. The van der Waals surface area contributed by atoms with Gasteiger partial charge in [-0.3, -0.25) is 4.79 Å². The number of rotatable bonds is 15. The van der Waals surface area contributed by atoms with Crippen LogP contribution < -0.4 is 0 Å². The van der Waals surface area contributed by atoms with E-state index in [4.69, 9.17) is 9.47 Å². The maximum Gasteiger partial charge on any atom is 0.306 e. The first-order valence-electron chi connectivity index (χ1n) is 9.30. The number of carbonyl (C=O) groups excluding carboxylic acids is 1. The molecule has 0 aromatic carbocycles. The summed E-state index contributed by atoms with van der Waals surface area (Å²) in [7, 11) is 1.55. The van der Waals surface area contributed by atoms with Crippen LogP contribution in [0.4, 0.5) is 0 Å². The van der Waals surface area contributed by atoms with Gasteiger partial charge in [0.25, 0.3) is 0 Å². The monoisotopic (exact) mass is 330 g/mol. The third-order valence-electron chi connectivity index (χ3n) is 3.96. The standard InChI is InChI=1S/C19H38O4/c1-5-6-7-8-9-10-11-12-13-14-18(21)23-19(2,3)15-17(20)16-22-4/h17,20H,5-16H2,1-4H3. The zero-order chi connectivity index (χ0) is 17.6. The van der Waals surface area contributed by atoms with Crippen molar-refractivity contribution < 1.29 is 19.4 Å². The van der Waals surface area contributed by atoms with Crippen LogP contribution in [0, 0.1) is 0 Å². The molecule has 0 aliphatic rings. The van der Waals surface area contributed by atoms with E-state index in [9.17, 15) is 9.90 Å². The summed E-state index contributed by atoms with van der Waals surface area (Å²) in [6.45, 7) is 6.16. The summed E-state index contributed by atoms with van der Waals surface area (Å²) in [6.07, 6.45) is 11.4. The predicted octanol–water partition coefficient (Wildman–Crippen LogP) is 4.63. The third-order valence-corrected chi connectivity index (χ3v) is 3.96. The fourth-order valence-electron chi connectivity index (χ4n) is 2.80. The lowest BCUT2D eigenvalue weighted by Gasteiger charge is -2.27. The van der Waals surface area contributed by atoms with Crippen molar-refractivity contribution in [3.63, 3.8) is 0 Å². The average Bonchev–Trinajstić information content (AvgIpc) is 2.44. The number of methoxy groups -OCH3 is 1. The molecule has 138 valence electrons. The van der Waals surface area contributed by atoms with Gasteiger partial charge in [0.2, 0.25) is 0 Å². The van der Waals surface area contributed by atoms with Gasteiger partial charge in [0.05, 0.1) is 12.7 Å². The van der Waals surface area contributed by atoms with Crippen LogP contribution in [-0.2, 0) is 14.3 Å². The number of hydrogen-bond acceptors (Lipinski definition) is 4. The summed E-state index contributed by atoms with van der Waals surface area (Å²) in [5.74, 6) is -0.164. The molecule has 0 heterocycles. The number of aliphatic hydroxyl groups excluding tert-OH is 1. The second-order valence-corrected chi connectivity index (χ2v) is 7.13. The van der Waals surface area contributed by atoms with Gasteiger partial charge in [0.15, 0.2) is 0 Å². The van der Waals surface area contributed by atoms with Crippen LogP contribution in [0.3, 0.4) is 0 Å². The zero-order valence-corrected chi connectivity index (χ0v) is 15.7. The Labute approximate surface area is 142 Å². The largest absolute Gasteiger partial charge is 0.460 e. The molecule has 4 heteroatoms. The second kappa shape index (κ2) is 13.8. The van der Waals surface area contributed by atoms with Crippen molar-refractivity contribution in [1.82, 2.24) is 0 Å². The van der Waals surface area contributed by atoms with Gasteiger partial charge in [0.1, 0.15) is 5.60 Å². The number of aliphatic hydroxyl groups is 1. The Morgan fingerprint density at radius 2 is 1.52 bits per heavy atom. The lowest BCUT2D eigenvalue weighted by atomic mass is 10.0. The summed E-state index contributed by atoms with van der Waals surface area (Å²) < 4.78 is 10.4. The van der Waals surface area contributed by atoms with Crippen LogP contribution in [-0.4, -0.2) is 36.5 Å².